The van der Waals surface area contributed by atoms with Crippen molar-refractivity contribution in [2.45, 2.75) is 12.2 Å². The van der Waals surface area contributed by atoms with Gasteiger partial charge in [0.2, 0.25) is 0 Å². The molecule has 35 heavy (non-hydrogen) atoms. The van der Waals surface area contributed by atoms with Crippen LogP contribution in [0.25, 0.3) is 22.0 Å². The number of aromatic amines is 1. The van der Waals surface area contributed by atoms with Crippen molar-refractivity contribution >= 4 is 28.4 Å². The fraction of sp³-hybridized carbons (Fsp3) is 0.154. The number of hydrogen-bond donors (Lipinski definition) is 2. The Morgan fingerprint density at radius 2 is 1.80 bits per heavy atom. The van der Waals surface area contributed by atoms with Crippen LogP contribution in [-0.2, 0) is 11.0 Å². The maximum Gasteiger partial charge on any atom is 0.417 e. The van der Waals surface area contributed by atoms with Gasteiger partial charge < -0.3 is 19.9 Å². The van der Waals surface area contributed by atoms with Crippen LogP contribution in [0.15, 0.2) is 72.9 Å². The van der Waals surface area contributed by atoms with Gasteiger partial charge in [0.25, 0.3) is 11.8 Å². The normalized spacial score (nSPS) is 15.9. The zero-order valence-electron chi connectivity index (χ0n) is 18.5. The maximum absolute atomic E-state index is 13.6. The van der Waals surface area contributed by atoms with Crippen molar-refractivity contribution in [1.82, 2.24) is 10.3 Å². The number of anilines is 1. The lowest BCUT2D eigenvalue weighted by molar-refractivity contribution is -0.137. The summed E-state index contributed by atoms with van der Waals surface area (Å²) in [7, 11) is 1.60. The van der Waals surface area contributed by atoms with Gasteiger partial charge in [-0.3, -0.25) is 9.59 Å². The van der Waals surface area contributed by atoms with E-state index in [1.165, 1.54) is 35.4 Å². The lowest BCUT2D eigenvalue weighted by Crippen LogP contribution is -2.49. The molecular formula is C26H20F3N3O3. The first-order valence-corrected chi connectivity index (χ1v) is 10.8. The number of aromatic nitrogens is 1. The van der Waals surface area contributed by atoms with Gasteiger partial charge >= 0.3 is 6.18 Å². The van der Waals surface area contributed by atoms with Crippen molar-refractivity contribution in [3.05, 3.63) is 84.1 Å². The van der Waals surface area contributed by atoms with Crippen LogP contribution >= 0.6 is 0 Å². The standard InChI is InChI=1S/C26H20F3N3O3/c1-32-22-8-4-5-9-23(22)35-14-21(25(32)34)31-24(33)15-10-11-20-17(12-15)18(13-30-20)16-6-2-3-7-19(16)26(27,28)29/h2-13,21,30H,14H2,1H3,(H,31,33)/t21-/m0/s1. The highest BCUT2D eigenvalue weighted by molar-refractivity contribution is 6.06. The number of halogens is 3. The lowest BCUT2D eigenvalue weighted by Gasteiger charge is -2.20. The molecule has 2 amide bonds. The van der Waals surface area contributed by atoms with Gasteiger partial charge in [-0.25, -0.2) is 0 Å². The Kier molecular flexibility index (Phi) is 5.47. The minimum absolute atomic E-state index is 0.00976. The third-order valence-corrected chi connectivity index (χ3v) is 6.03. The molecule has 1 aliphatic rings. The number of amides is 2. The largest absolute Gasteiger partial charge is 0.489 e. The van der Waals surface area contributed by atoms with Crippen LogP contribution in [0.5, 0.6) is 5.75 Å². The first kappa shape index (κ1) is 22.5. The number of nitrogens with one attached hydrogen (secondary N) is 2. The summed E-state index contributed by atoms with van der Waals surface area (Å²) in [5, 5.41) is 3.16. The van der Waals surface area contributed by atoms with Gasteiger partial charge in [0.05, 0.1) is 11.3 Å². The molecule has 1 atom stereocenters. The average Bonchev–Trinajstić information content (AvgIpc) is 3.23. The fourth-order valence-corrected chi connectivity index (χ4v) is 4.25. The van der Waals surface area contributed by atoms with Crippen molar-refractivity contribution < 1.29 is 27.5 Å². The number of rotatable bonds is 3. The van der Waals surface area contributed by atoms with Gasteiger partial charge in [-0.2, -0.15) is 13.2 Å². The average molecular weight is 479 g/mol. The zero-order chi connectivity index (χ0) is 24.7. The van der Waals surface area contributed by atoms with Gasteiger partial charge in [0.15, 0.2) is 0 Å². The van der Waals surface area contributed by atoms with E-state index in [1.807, 2.05) is 0 Å². The van der Waals surface area contributed by atoms with Gasteiger partial charge in [-0.05, 0) is 42.0 Å². The van der Waals surface area contributed by atoms with E-state index in [4.69, 9.17) is 4.74 Å². The Morgan fingerprint density at radius 3 is 2.60 bits per heavy atom. The van der Waals surface area contributed by atoms with Crippen LogP contribution in [0.4, 0.5) is 18.9 Å². The molecule has 9 heteroatoms. The third kappa shape index (κ3) is 4.09. The van der Waals surface area contributed by atoms with E-state index >= 15 is 0 Å². The minimum atomic E-state index is -4.53. The van der Waals surface area contributed by atoms with Crippen molar-refractivity contribution in [2.24, 2.45) is 0 Å². The minimum Gasteiger partial charge on any atom is -0.489 e. The van der Waals surface area contributed by atoms with Crippen LogP contribution in [-0.4, -0.2) is 36.5 Å². The number of carbonyl (C=O) groups is 2. The van der Waals surface area contributed by atoms with Gasteiger partial charge in [-0.1, -0.05) is 30.3 Å². The number of H-pyrrole nitrogens is 1. The third-order valence-electron chi connectivity index (χ3n) is 6.03. The Labute approximate surface area is 198 Å². The van der Waals surface area contributed by atoms with E-state index < -0.39 is 23.7 Å². The Hall–Kier alpha value is -4.27. The number of alkyl halides is 3. The highest BCUT2D eigenvalue weighted by Crippen LogP contribution is 2.39. The highest BCUT2D eigenvalue weighted by atomic mass is 19.4. The quantitative estimate of drug-likeness (QED) is 0.434. The van der Waals surface area contributed by atoms with Gasteiger partial charge in [0, 0.05) is 35.3 Å². The summed E-state index contributed by atoms with van der Waals surface area (Å²) >= 11 is 0. The summed E-state index contributed by atoms with van der Waals surface area (Å²) in [6.07, 6.45) is -3.04. The predicted octanol–water partition coefficient (Wildman–Crippen LogP) is 5.01. The summed E-state index contributed by atoms with van der Waals surface area (Å²) < 4.78 is 46.5. The van der Waals surface area contributed by atoms with Crippen molar-refractivity contribution in [2.75, 3.05) is 18.6 Å². The van der Waals surface area contributed by atoms with Gasteiger partial charge in [-0.15, -0.1) is 0 Å². The summed E-state index contributed by atoms with van der Waals surface area (Å²) in [6, 6.07) is 16.1. The van der Waals surface area contributed by atoms with E-state index in [1.54, 1.807) is 43.4 Å². The molecule has 0 saturated heterocycles. The topological polar surface area (TPSA) is 74.4 Å². The molecule has 178 valence electrons. The number of ether oxygens (including phenoxy) is 1. The number of para-hydroxylation sites is 2. The summed E-state index contributed by atoms with van der Waals surface area (Å²) in [6.45, 7) is -0.0530. The van der Waals surface area contributed by atoms with Crippen molar-refractivity contribution in [1.29, 1.82) is 0 Å². The molecule has 3 aromatic carbocycles. The van der Waals surface area contributed by atoms with E-state index in [2.05, 4.69) is 10.3 Å². The van der Waals surface area contributed by atoms with Gasteiger partial charge in [0.1, 0.15) is 18.4 Å². The van der Waals surface area contributed by atoms with E-state index in [0.29, 0.717) is 27.9 Å². The Morgan fingerprint density at radius 1 is 1.06 bits per heavy atom. The Balaban J connectivity index is 1.45. The summed E-state index contributed by atoms with van der Waals surface area (Å²) in [4.78, 5) is 30.4. The molecule has 0 aliphatic carbocycles. The smallest absolute Gasteiger partial charge is 0.417 e. The maximum atomic E-state index is 13.6. The molecule has 0 saturated carbocycles. The summed E-state index contributed by atoms with van der Waals surface area (Å²) in [5.41, 5.74) is 0.954. The molecule has 0 spiro atoms. The second-order valence-corrected chi connectivity index (χ2v) is 8.21. The number of likely N-dealkylation sites (N-methyl/N-ethyl adjacent to an activating group) is 1. The lowest BCUT2D eigenvalue weighted by atomic mass is 9.98. The summed E-state index contributed by atoms with van der Waals surface area (Å²) in [5.74, 6) is -0.350. The molecule has 0 radical (unpaired) electrons. The highest BCUT2D eigenvalue weighted by Gasteiger charge is 2.34. The van der Waals surface area contributed by atoms with E-state index in [9.17, 15) is 22.8 Å². The molecule has 1 aliphatic heterocycles. The number of carbonyl (C=O) groups excluding carboxylic acids is 2. The molecule has 0 unspecified atom stereocenters. The Bertz CT molecular complexity index is 1440. The van der Waals surface area contributed by atoms with Crippen molar-refractivity contribution in [3.8, 4) is 16.9 Å². The molecule has 6 nitrogen and oxygen atoms in total. The van der Waals surface area contributed by atoms with Crippen LogP contribution in [0.2, 0.25) is 0 Å². The number of hydrogen-bond acceptors (Lipinski definition) is 3. The molecule has 2 N–H and O–H groups in total. The van der Waals surface area contributed by atoms with Crippen LogP contribution in [0.3, 0.4) is 0 Å². The first-order chi connectivity index (χ1) is 16.7. The molecule has 2 heterocycles. The predicted molar refractivity (Wildman–Crippen MR) is 125 cm³/mol. The monoisotopic (exact) mass is 479 g/mol. The molecular weight excluding hydrogens is 459 g/mol. The number of fused-ring (bicyclic) bond motifs is 2. The molecule has 0 fully saturated rings. The second kappa shape index (κ2) is 8.50. The molecule has 4 aromatic rings. The number of benzene rings is 3. The number of nitrogens with zero attached hydrogens (tertiary/aromatic N) is 1. The zero-order valence-corrected chi connectivity index (χ0v) is 18.5. The second-order valence-electron chi connectivity index (χ2n) is 8.21. The van der Waals surface area contributed by atoms with Crippen LogP contribution in [0.1, 0.15) is 15.9 Å². The first-order valence-electron chi connectivity index (χ1n) is 10.8. The molecule has 1 aromatic heterocycles. The SMILES string of the molecule is CN1C(=O)[C@@H](NC(=O)c2ccc3[nH]cc(-c4ccccc4C(F)(F)F)c3c2)COc2ccccc21. The van der Waals surface area contributed by atoms with Crippen LogP contribution < -0.4 is 15.0 Å². The van der Waals surface area contributed by atoms with Crippen molar-refractivity contribution in [3.63, 3.8) is 0 Å². The van der Waals surface area contributed by atoms with E-state index in [-0.39, 0.29) is 23.6 Å². The van der Waals surface area contributed by atoms with E-state index in [0.717, 1.165) is 6.07 Å². The molecule has 0 bridgehead atoms. The molecule has 5 rings (SSSR count). The fourth-order valence-electron chi connectivity index (χ4n) is 4.25. The van der Waals surface area contributed by atoms with Crippen LogP contribution in [0, 0.1) is 0 Å².